The number of nitrogens with zero attached hydrogens (tertiary/aromatic N) is 5. The number of aromatic hydroxyl groups is 1. The molecule has 1 atom stereocenters. The van der Waals surface area contributed by atoms with Crippen LogP contribution in [0.3, 0.4) is 0 Å². The van der Waals surface area contributed by atoms with E-state index in [0.29, 0.717) is 50.7 Å². The number of anilines is 2. The maximum absolute atomic E-state index is 15.1. The van der Waals surface area contributed by atoms with Crippen molar-refractivity contribution in [3.63, 3.8) is 0 Å². The van der Waals surface area contributed by atoms with Crippen LogP contribution in [0.1, 0.15) is 29.5 Å². The van der Waals surface area contributed by atoms with E-state index in [9.17, 15) is 28.3 Å². The van der Waals surface area contributed by atoms with Gasteiger partial charge in [-0.1, -0.05) is 11.6 Å². The summed E-state index contributed by atoms with van der Waals surface area (Å²) in [5.41, 5.74) is -1.62. The molecule has 0 bridgehead atoms. The lowest BCUT2D eigenvalue weighted by Crippen LogP contribution is -2.50. The van der Waals surface area contributed by atoms with Gasteiger partial charge in [0.15, 0.2) is 17.9 Å². The molecule has 0 radical (unpaired) electrons. The van der Waals surface area contributed by atoms with Crippen molar-refractivity contribution in [3.8, 4) is 16.9 Å². The summed E-state index contributed by atoms with van der Waals surface area (Å²) in [5.74, 6) is -5.18. The van der Waals surface area contributed by atoms with Crippen LogP contribution in [0, 0.1) is 17.6 Å². The quantitative estimate of drug-likeness (QED) is 0.222. The number of phenolic OH excluding ortho intramolecular Hbond substituents is 1. The van der Waals surface area contributed by atoms with Gasteiger partial charge in [-0.15, -0.1) is 0 Å². The summed E-state index contributed by atoms with van der Waals surface area (Å²) in [6.45, 7) is 3.74. The Balaban J connectivity index is 1.41. The van der Waals surface area contributed by atoms with E-state index < -0.39 is 57.5 Å². The van der Waals surface area contributed by atoms with Gasteiger partial charge in [-0.2, -0.15) is 8.78 Å². The number of carbonyl (C=O) groups is 2. The van der Waals surface area contributed by atoms with E-state index in [1.807, 2.05) is 11.8 Å². The number of amides is 1. The second kappa shape index (κ2) is 11.0. The summed E-state index contributed by atoms with van der Waals surface area (Å²) in [7, 11) is 0. The number of carbonyl (C=O) groups excluding carboxylic acids is 2. The number of nitrogens with one attached hydrogen (secondary N) is 2. The van der Waals surface area contributed by atoms with Gasteiger partial charge in [0.2, 0.25) is 17.7 Å². The third kappa shape index (κ3) is 4.89. The van der Waals surface area contributed by atoms with Gasteiger partial charge in [-0.25, -0.2) is 14.4 Å². The molecule has 0 saturated carbocycles. The van der Waals surface area contributed by atoms with Crippen molar-refractivity contribution in [2.24, 2.45) is 0 Å². The van der Waals surface area contributed by atoms with Crippen molar-refractivity contribution in [3.05, 3.63) is 62.7 Å². The fourth-order valence-corrected chi connectivity index (χ4v) is 5.77. The van der Waals surface area contributed by atoms with E-state index >= 15 is 4.39 Å². The molecule has 4 aromatic rings. The van der Waals surface area contributed by atoms with Crippen LogP contribution in [-0.4, -0.2) is 62.1 Å². The molecule has 3 N–H and O–H groups in total. The van der Waals surface area contributed by atoms with Crippen molar-refractivity contribution < 1.29 is 27.9 Å². The highest BCUT2D eigenvalue weighted by Crippen LogP contribution is 2.36. The van der Waals surface area contributed by atoms with Gasteiger partial charge in [0, 0.05) is 62.0 Å². The van der Waals surface area contributed by atoms with Crippen LogP contribution >= 0.6 is 11.6 Å². The van der Waals surface area contributed by atoms with Gasteiger partial charge in [0.25, 0.3) is 5.56 Å². The first-order valence-electron chi connectivity index (χ1n) is 13.5. The van der Waals surface area contributed by atoms with Gasteiger partial charge < -0.3 is 25.2 Å². The highest BCUT2D eigenvalue weighted by atomic mass is 35.5. The minimum Gasteiger partial charge on any atom is -0.504 e. The monoisotopic (exact) mass is 615 g/mol. The van der Waals surface area contributed by atoms with E-state index in [2.05, 4.69) is 20.6 Å². The molecule has 3 aromatic heterocycles. The van der Waals surface area contributed by atoms with E-state index in [0.717, 1.165) is 6.07 Å². The van der Waals surface area contributed by atoms with Crippen molar-refractivity contribution in [1.82, 2.24) is 24.4 Å². The number of phenols is 1. The zero-order chi connectivity index (χ0) is 30.6. The first-order chi connectivity index (χ1) is 20.6. The van der Waals surface area contributed by atoms with Gasteiger partial charge in [0.05, 0.1) is 16.6 Å². The standard InChI is InChI=1S/C28H25ClF3N7O4/c1-13-9-33-4-6-38(13)19-8-17(22(29)26(32)35-19)34-20(41)11-37-10-16(15-7-14(12-40)25(42)24(31)23(15)30)21-27(37)36-18-3-2-5-39(18)28(21)43/h7-8,10,12-13,33,42H,2-6,9,11H2,1H3,(H,34,35,41). The number of halogens is 4. The summed E-state index contributed by atoms with van der Waals surface area (Å²) in [6, 6.07) is 2.40. The number of benzene rings is 1. The normalized spacial score (nSPS) is 16.5. The molecule has 1 fully saturated rings. The maximum Gasteiger partial charge on any atom is 0.263 e. The van der Waals surface area contributed by atoms with Crippen LogP contribution in [0.2, 0.25) is 5.02 Å². The van der Waals surface area contributed by atoms with E-state index in [1.54, 1.807) is 0 Å². The average molecular weight is 616 g/mol. The molecule has 1 saturated heterocycles. The lowest BCUT2D eigenvalue weighted by atomic mass is 10.0. The van der Waals surface area contributed by atoms with Crippen molar-refractivity contribution in [1.29, 1.82) is 0 Å². The molecule has 224 valence electrons. The minimum atomic E-state index is -1.66. The summed E-state index contributed by atoms with van der Waals surface area (Å²) in [5, 5.41) is 15.2. The van der Waals surface area contributed by atoms with Crippen molar-refractivity contribution in [2.45, 2.75) is 38.9 Å². The molecule has 5 heterocycles. The number of aldehydes is 1. The van der Waals surface area contributed by atoms with E-state index in [1.165, 1.54) is 21.4 Å². The third-order valence-electron chi connectivity index (χ3n) is 7.75. The van der Waals surface area contributed by atoms with Crippen LogP contribution < -0.4 is 21.1 Å². The highest BCUT2D eigenvalue weighted by molar-refractivity contribution is 6.33. The van der Waals surface area contributed by atoms with Gasteiger partial charge in [-0.05, 0) is 19.4 Å². The lowest BCUT2D eigenvalue weighted by Gasteiger charge is -2.35. The number of piperazine rings is 1. The van der Waals surface area contributed by atoms with Crippen LogP contribution in [0.5, 0.6) is 5.75 Å². The first kappa shape index (κ1) is 28.7. The van der Waals surface area contributed by atoms with E-state index in [4.69, 9.17) is 11.6 Å². The Bertz CT molecular complexity index is 1880. The Kier molecular flexibility index (Phi) is 7.34. The van der Waals surface area contributed by atoms with Crippen LogP contribution in [-0.2, 0) is 24.3 Å². The Hall–Kier alpha value is -4.43. The number of hydrogen-bond acceptors (Lipinski definition) is 8. The van der Waals surface area contributed by atoms with Gasteiger partial charge in [0.1, 0.15) is 28.9 Å². The Morgan fingerprint density at radius 1 is 1.21 bits per heavy atom. The van der Waals surface area contributed by atoms with Gasteiger partial charge >= 0.3 is 0 Å². The molecule has 1 aromatic carbocycles. The molecule has 15 heteroatoms. The summed E-state index contributed by atoms with van der Waals surface area (Å²) < 4.78 is 47.1. The lowest BCUT2D eigenvalue weighted by molar-refractivity contribution is -0.116. The van der Waals surface area contributed by atoms with Gasteiger partial charge in [-0.3, -0.25) is 19.0 Å². The molecule has 43 heavy (non-hydrogen) atoms. The number of hydrogen-bond donors (Lipinski definition) is 3. The van der Waals surface area contributed by atoms with Crippen LogP contribution in [0.15, 0.2) is 23.1 Å². The fraction of sp³-hybridized carbons (Fsp3) is 0.321. The fourth-order valence-electron chi connectivity index (χ4n) is 5.62. The summed E-state index contributed by atoms with van der Waals surface area (Å²) >= 11 is 6.15. The number of rotatable bonds is 6. The zero-order valence-electron chi connectivity index (χ0n) is 22.8. The molecule has 6 rings (SSSR count). The molecule has 2 aliphatic rings. The highest BCUT2D eigenvalue weighted by Gasteiger charge is 2.28. The molecule has 1 unspecified atom stereocenters. The predicted octanol–water partition coefficient (Wildman–Crippen LogP) is 3.23. The maximum atomic E-state index is 15.1. The minimum absolute atomic E-state index is 0.00635. The van der Waals surface area contributed by atoms with Crippen molar-refractivity contribution >= 4 is 46.3 Å². The Labute approximate surface area is 246 Å². The molecular weight excluding hydrogens is 591 g/mol. The second-order valence-corrected chi connectivity index (χ2v) is 10.9. The third-order valence-corrected chi connectivity index (χ3v) is 8.11. The summed E-state index contributed by atoms with van der Waals surface area (Å²) in [6.07, 6.45) is 2.54. The van der Waals surface area contributed by atoms with E-state index in [-0.39, 0.29) is 34.6 Å². The van der Waals surface area contributed by atoms with Crippen LogP contribution in [0.4, 0.5) is 24.7 Å². The number of pyridine rings is 1. The SMILES string of the molecule is CC1CNCCN1c1cc(NC(=O)Cn2cc(-c3cc(C=O)c(O)c(F)c3F)c3c(=O)n4c(nc32)CCC4)c(Cl)c(F)n1. The predicted molar refractivity (Wildman–Crippen MR) is 152 cm³/mol. The molecule has 2 aliphatic heterocycles. The topological polar surface area (TPSA) is 134 Å². The molecule has 11 nitrogen and oxygen atoms in total. The van der Waals surface area contributed by atoms with Crippen LogP contribution in [0.25, 0.3) is 22.2 Å². The first-order valence-corrected chi connectivity index (χ1v) is 13.9. The molecule has 1 amide bonds. The molecule has 0 aliphatic carbocycles. The number of aryl methyl sites for hydroxylation is 1. The average Bonchev–Trinajstić information content (AvgIpc) is 3.60. The molecular formula is C28H25ClF3N7O4. The second-order valence-electron chi connectivity index (χ2n) is 10.5. The Morgan fingerprint density at radius 2 is 2.00 bits per heavy atom. The number of fused-ring (bicyclic) bond motifs is 2. The Morgan fingerprint density at radius 3 is 2.74 bits per heavy atom. The molecule has 0 spiro atoms. The zero-order valence-corrected chi connectivity index (χ0v) is 23.5. The number of aromatic nitrogens is 4. The summed E-state index contributed by atoms with van der Waals surface area (Å²) in [4.78, 5) is 48.6. The smallest absolute Gasteiger partial charge is 0.263 e. The van der Waals surface area contributed by atoms with Crippen molar-refractivity contribution in [2.75, 3.05) is 29.9 Å². The largest absolute Gasteiger partial charge is 0.504 e.